The van der Waals surface area contributed by atoms with Crippen molar-refractivity contribution in [3.8, 4) is 22.3 Å². The number of aryl methyl sites for hydroxylation is 2. The molecule has 0 aromatic heterocycles. The molecular formula is C38H49NO. The number of hydrogen-bond acceptors (Lipinski definition) is 1. The molecule has 1 aliphatic rings. The lowest BCUT2D eigenvalue weighted by Crippen LogP contribution is -2.24. The highest BCUT2D eigenvalue weighted by atomic mass is 16.1. The van der Waals surface area contributed by atoms with Crippen molar-refractivity contribution in [1.29, 1.82) is 0 Å². The van der Waals surface area contributed by atoms with Gasteiger partial charge < -0.3 is 5.32 Å². The summed E-state index contributed by atoms with van der Waals surface area (Å²) in [4.78, 5) is 11.6. The SMILES string of the molecule is C=C(C)C(=O)NCCCc1ccc(-c2ccc(-c3ccc(C4CCC(CCCCC)CC4)cc3)c(CC)c2)cc1. The van der Waals surface area contributed by atoms with Crippen LogP contribution in [0, 0.1) is 5.92 Å². The maximum absolute atomic E-state index is 11.6. The van der Waals surface area contributed by atoms with E-state index in [1.165, 1.54) is 90.3 Å². The lowest BCUT2D eigenvalue weighted by atomic mass is 9.77. The van der Waals surface area contributed by atoms with Crippen molar-refractivity contribution in [1.82, 2.24) is 5.32 Å². The first-order chi connectivity index (χ1) is 19.5. The van der Waals surface area contributed by atoms with Crippen molar-refractivity contribution in [2.75, 3.05) is 6.54 Å². The largest absolute Gasteiger partial charge is 0.352 e. The summed E-state index contributed by atoms with van der Waals surface area (Å²) in [5, 5.41) is 2.91. The molecule has 3 aromatic carbocycles. The maximum Gasteiger partial charge on any atom is 0.246 e. The maximum atomic E-state index is 11.6. The molecule has 40 heavy (non-hydrogen) atoms. The van der Waals surface area contributed by atoms with Crippen LogP contribution in [0.1, 0.15) is 101 Å². The second kappa shape index (κ2) is 15.0. The first-order valence-electron chi connectivity index (χ1n) is 15.7. The molecule has 0 saturated heterocycles. The molecule has 0 spiro atoms. The molecule has 2 nitrogen and oxygen atoms in total. The van der Waals surface area contributed by atoms with Gasteiger partial charge in [0.05, 0.1) is 0 Å². The Labute approximate surface area is 243 Å². The Morgan fingerprint density at radius 1 is 0.825 bits per heavy atom. The number of nitrogens with one attached hydrogen (secondary N) is 1. The van der Waals surface area contributed by atoms with Crippen LogP contribution in [-0.4, -0.2) is 12.5 Å². The quantitative estimate of drug-likeness (QED) is 0.171. The van der Waals surface area contributed by atoms with E-state index in [0.717, 1.165) is 31.1 Å². The summed E-state index contributed by atoms with van der Waals surface area (Å²) >= 11 is 0. The Bertz CT molecular complexity index is 1230. The third kappa shape index (κ3) is 8.19. The van der Waals surface area contributed by atoms with Crippen molar-refractivity contribution in [3.05, 3.63) is 95.6 Å². The Hall–Kier alpha value is -3.13. The average Bonchev–Trinajstić information content (AvgIpc) is 3.00. The Morgan fingerprint density at radius 2 is 1.50 bits per heavy atom. The number of carbonyl (C=O) groups excluding carboxylic acids is 1. The van der Waals surface area contributed by atoms with Gasteiger partial charge in [0.25, 0.3) is 0 Å². The fourth-order valence-electron chi connectivity index (χ4n) is 6.26. The zero-order chi connectivity index (χ0) is 28.3. The Morgan fingerprint density at radius 3 is 2.15 bits per heavy atom. The van der Waals surface area contributed by atoms with E-state index in [0.29, 0.717) is 12.1 Å². The molecule has 1 aliphatic carbocycles. The first-order valence-corrected chi connectivity index (χ1v) is 15.7. The van der Waals surface area contributed by atoms with E-state index in [1.54, 1.807) is 6.92 Å². The predicted octanol–water partition coefficient (Wildman–Crippen LogP) is 10.1. The van der Waals surface area contributed by atoms with E-state index in [1.807, 2.05) is 0 Å². The summed E-state index contributed by atoms with van der Waals surface area (Å²) in [5.74, 6) is 1.64. The highest BCUT2D eigenvalue weighted by molar-refractivity contribution is 5.92. The van der Waals surface area contributed by atoms with E-state index in [2.05, 4.69) is 92.5 Å². The molecule has 0 heterocycles. The summed E-state index contributed by atoms with van der Waals surface area (Å²) < 4.78 is 0. The van der Waals surface area contributed by atoms with Crippen LogP contribution in [0.15, 0.2) is 78.9 Å². The van der Waals surface area contributed by atoms with Crippen molar-refractivity contribution in [3.63, 3.8) is 0 Å². The minimum Gasteiger partial charge on any atom is -0.352 e. The molecule has 1 amide bonds. The van der Waals surface area contributed by atoms with Crippen LogP contribution in [0.3, 0.4) is 0 Å². The average molecular weight is 536 g/mol. The van der Waals surface area contributed by atoms with Gasteiger partial charge in [0.15, 0.2) is 0 Å². The van der Waals surface area contributed by atoms with Gasteiger partial charge in [-0.25, -0.2) is 0 Å². The van der Waals surface area contributed by atoms with Crippen molar-refractivity contribution in [2.24, 2.45) is 5.92 Å². The Balaban J connectivity index is 1.35. The van der Waals surface area contributed by atoms with E-state index >= 15 is 0 Å². The third-order valence-corrected chi connectivity index (χ3v) is 8.84. The summed E-state index contributed by atoms with van der Waals surface area (Å²) in [6, 6.07) is 25.3. The fourth-order valence-corrected chi connectivity index (χ4v) is 6.26. The van der Waals surface area contributed by atoms with Crippen LogP contribution in [0.25, 0.3) is 22.3 Å². The monoisotopic (exact) mass is 535 g/mol. The summed E-state index contributed by atoms with van der Waals surface area (Å²) in [6.45, 7) is 10.7. The van der Waals surface area contributed by atoms with Gasteiger partial charge in [-0.3, -0.25) is 4.79 Å². The lowest BCUT2D eigenvalue weighted by molar-refractivity contribution is -0.117. The molecule has 0 unspecified atom stereocenters. The molecule has 3 aromatic rings. The molecule has 0 aliphatic heterocycles. The number of rotatable bonds is 13. The summed E-state index contributed by atoms with van der Waals surface area (Å²) in [5.41, 5.74) is 9.99. The van der Waals surface area contributed by atoms with Gasteiger partial charge in [0.2, 0.25) is 5.91 Å². The number of amides is 1. The zero-order valence-corrected chi connectivity index (χ0v) is 25.1. The molecule has 0 atom stereocenters. The molecule has 0 bridgehead atoms. The second-order valence-corrected chi connectivity index (χ2v) is 11.9. The fraction of sp³-hybridized carbons (Fsp3) is 0.447. The molecule has 4 rings (SSSR count). The first kappa shape index (κ1) is 29.8. The molecule has 2 heteroatoms. The minimum absolute atomic E-state index is 0.0584. The number of unbranched alkanes of at least 4 members (excludes halogenated alkanes) is 2. The smallest absolute Gasteiger partial charge is 0.246 e. The van der Waals surface area contributed by atoms with Crippen LogP contribution >= 0.6 is 0 Å². The standard InChI is InChI=1S/C38H49NO/c1-5-7-8-10-29-12-16-32(17-13-29)33-20-22-35(23-21-33)37-25-24-36(27-31(37)6-2)34-18-14-30(15-19-34)11-9-26-39-38(40)28(3)4/h14-15,18-25,27,29,32H,3,5-13,16-17,26H2,1-2,4H3,(H,39,40). The number of carbonyl (C=O) groups is 1. The Kier molecular flexibility index (Phi) is 11.2. The van der Waals surface area contributed by atoms with Crippen molar-refractivity contribution in [2.45, 2.75) is 97.3 Å². The van der Waals surface area contributed by atoms with Crippen LogP contribution in [0.5, 0.6) is 0 Å². The summed E-state index contributed by atoms with van der Waals surface area (Å²) in [6.07, 6.45) is 14.0. The molecule has 0 radical (unpaired) electrons. The predicted molar refractivity (Wildman–Crippen MR) is 172 cm³/mol. The van der Waals surface area contributed by atoms with Gasteiger partial charge in [-0.2, -0.15) is 0 Å². The van der Waals surface area contributed by atoms with Crippen LogP contribution in [0.2, 0.25) is 0 Å². The van der Waals surface area contributed by atoms with E-state index < -0.39 is 0 Å². The van der Waals surface area contributed by atoms with Gasteiger partial charge in [-0.1, -0.05) is 113 Å². The van der Waals surface area contributed by atoms with Crippen LogP contribution in [-0.2, 0) is 17.6 Å². The highest BCUT2D eigenvalue weighted by Crippen LogP contribution is 2.38. The van der Waals surface area contributed by atoms with E-state index in [9.17, 15) is 4.79 Å². The van der Waals surface area contributed by atoms with Gasteiger partial charge in [-0.05, 0) is 103 Å². The third-order valence-electron chi connectivity index (χ3n) is 8.84. The molecule has 1 N–H and O–H groups in total. The van der Waals surface area contributed by atoms with E-state index in [4.69, 9.17) is 0 Å². The second-order valence-electron chi connectivity index (χ2n) is 11.9. The summed E-state index contributed by atoms with van der Waals surface area (Å²) in [7, 11) is 0. The van der Waals surface area contributed by atoms with Gasteiger partial charge >= 0.3 is 0 Å². The van der Waals surface area contributed by atoms with Gasteiger partial charge in [0.1, 0.15) is 0 Å². The molecule has 1 fully saturated rings. The number of hydrogen-bond donors (Lipinski definition) is 1. The normalized spacial score (nSPS) is 17.0. The topological polar surface area (TPSA) is 29.1 Å². The molecule has 212 valence electrons. The minimum atomic E-state index is -0.0584. The van der Waals surface area contributed by atoms with Gasteiger partial charge in [-0.15, -0.1) is 0 Å². The lowest BCUT2D eigenvalue weighted by Gasteiger charge is -2.29. The molecular weight excluding hydrogens is 486 g/mol. The van der Waals surface area contributed by atoms with Crippen molar-refractivity contribution >= 4 is 5.91 Å². The number of benzene rings is 3. The highest BCUT2D eigenvalue weighted by Gasteiger charge is 2.22. The van der Waals surface area contributed by atoms with Gasteiger partial charge in [0, 0.05) is 12.1 Å². The molecule has 1 saturated carbocycles. The zero-order valence-electron chi connectivity index (χ0n) is 25.1. The van der Waals surface area contributed by atoms with Crippen LogP contribution in [0.4, 0.5) is 0 Å². The van der Waals surface area contributed by atoms with Crippen LogP contribution < -0.4 is 5.32 Å². The van der Waals surface area contributed by atoms with Crippen molar-refractivity contribution < 1.29 is 4.79 Å². The van der Waals surface area contributed by atoms with E-state index in [-0.39, 0.29) is 5.91 Å².